The van der Waals surface area contributed by atoms with Crippen molar-refractivity contribution in [1.29, 1.82) is 0 Å². The molecule has 22 heavy (non-hydrogen) atoms. The second-order valence-electron chi connectivity index (χ2n) is 7.02. The smallest absolute Gasteiger partial charge is 0.0761 e. The third-order valence-corrected chi connectivity index (χ3v) is 5.92. The quantitative estimate of drug-likeness (QED) is 0.685. The Kier molecular flexibility index (Phi) is 5.44. The van der Waals surface area contributed by atoms with Gasteiger partial charge in [0.25, 0.3) is 0 Å². The van der Waals surface area contributed by atoms with E-state index < -0.39 is 10.8 Å². The molecule has 0 bridgehead atoms. The van der Waals surface area contributed by atoms with Crippen LogP contribution in [0.5, 0.6) is 0 Å². The summed E-state index contributed by atoms with van der Waals surface area (Å²) in [5.41, 5.74) is 3.86. The van der Waals surface area contributed by atoms with E-state index >= 15 is 0 Å². The Hall–Kier alpha value is -1.15. The number of benzene rings is 1. The number of hydrogen-bond donors (Lipinski definition) is 0. The van der Waals surface area contributed by atoms with Gasteiger partial charge in [-0.25, -0.2) is 0 Å². The first-order valence-electron chi connectivity index (χ1n) is 8.26. The van der Waals surface area contributed by atoms with Crippen molar-refractivity contribution >= 4 is 10.8 Å². The molecular formula is C20H28OS. The van der Waals surface area contributed by atoms with Crippen LogP contribution in [0.15, 0.2) is 41.3 Å². The molecule has 0 aliphatic heterocycles. The minimum Gasteiger partial charge on any atom is -0.253 e. The largest absolute Gasteiger partial charge is 0.253 e. The zero-order chi connectivity index (χ0) is 16.4. The zero-order valence-corrected chi connectivity index (χ0v) is 15.4. The normalized spacial score (nSPS) is 16.4. The summed E-state index contributed by atoms with van der Waals surface area (Å²) in [5, 5.41) is 0.0138. The Morgan fingerprint density at radius 2 is 1.27 bits per heavy atom. The van der Waals surface area contributed by atoms with Crippen LogP contribution < -0.4 is 0 Å². The molecule has 1 nitrogen and oxygen atoms in total. The van der Waals surface area contributed by atoms with Crippen LogP contribution in [0.2, 0.25) is 0 Å². The fourth-order valence-electron chi connectivity index (χ4n) is 2.81. The molecule has 0 aromatic heterocycles. The Bertz CT molecular complexity index is 580. The minimum atomic E-state index is -1.02. The van der Waals surface area contributed by atoms with Crippen molar-refractivity contribution in [2.24, 2.45) is 0 Å². The van der Waals surface area contributed by atoms with Crippen LogP contribution in [0, 0.1) is 0 Å². The molecule has 1 atom stereocenters. The van der Waals surface area contributed by atoms with Gasteiger partial charge in [0.05, 0.1) is 16.0 Å². The SMILES string of the molecule is CC(C)c1cc(C(C)C)c(S(=O)C2C=CC=C2)c(C(C)C)c1. The third kappa shape index (κ3) is 3.43. The molecule has 1 aromatic carbocycles. The van der Waals surface area contributed by atoms with Crippen molar-refractivity contribution in [3.63, 3.8) is 0 Å². The van der Waals surface area contributed by atoms with Crippen molar-refractivity contribution in [3.8, 4) is 0 Å². The van der Waals surface area contributed by atoms with Gasteiger partial charge in [-0.15, -0.1) is 0 Å². The molecule has 1 unspecified atom stereocenters. The van der Waals surface area contributed by atoms with Gasteiger partial charge in [-0.3, -0.25) is 4.21 Å². The summed E-state index contributed by atoms with van der Waals surface area (Å²) in [4.78, 5) is 1.07. The van der Waals surface area contributed by atoms with E-state index in [4.69, 9.17) is 0 Å². The maximum atomic E-state index is 13.2. The second kappa shape index (κ2) is 6.95. The zero-order valence-electron chi connectivity index (χ0n) is 14.6. The number of hydrogen-bond acceptors (Lipinski definition) is 1. The van der Waals surface area contributed by atoms with E-state index in [0.29, 0.717) is 17.8 Å². The molecular weight excluding hydrogens is 288 g/mol. The highest BCUT2D eigenvalue weighted by molar-refractivity contribution is 7.86. The first kappa shape index (κ1) is 17.2. The fourth-order valence-corrected chi connectivity index (χ4v) is 4.61. The van der Waals surface area contributed by atoms with Crippen molar-refractivity contribution in [2.75, 3.05) is 0 Å². The van der Waals surface area contributed by atoms with Gasteiger partial charge >= 0.3 is 0 Å². The predicted octanol–water partition coefficient (Wildman–Crippen LogP) is 5.66. The lowest BCUT2D eigenvalue weighted by Gasteiger charge is -2.23. The summed E-state index contributed by atoms with van der Waals surface area (Å²) in [6.07, 6.45) is 8.08. The number of rotatable bonds is 5. The highest BCUT2D eigenvalue weighted by Crippen LogP contribution is 2.35. The molecule has 1 aromatic rings. The lowest BCUT2D eigenvalue weighted by Crippen LogP contribution is -2.15. The lowest BCUT2D eigenvalue weighted by atomic mass is 9.89. The monoisotopic (exact) mass is 316 g/mol. The van der Waals surface area contributed by atoms with Gasteiger partial charge in [-0.1, -0.05) is 78.0 Å². The van der Waals surface area contributed by atoms with E-state index in [1.165, 1.54) is 16.7 Å². The van der Waals surface area contributed by atoms with E-state index in [-0.39, 0.29) is 5.25 Å². The van der Waals surface area contributed by atoms with Gasteiger partial charge in [0.15, 0.2) is 0 Å². The van der Waals surface area contributed by atoms with Gasteiger partial charge in [0.2, 0.25) is 0 Å². The molecule has 120 valence electrons. The molecule has 0 radical (unpaired) electrons. The molecule has 0 N–H and O–H groups in total. The summed E-state index contributed by atoms with van der Waals surface area (Å²) >= 11 is 0. The molecule has 2 heteroatoms. The van der Waals surface area contributed by atoms with Crippen LogP contribution in [0.1, 0.15) is 76.0 Å². The van der Waals surface area contributed by atoms with Gasteiger partial charge in [-0.05, 0) is 34.4 Å². The lowest BCUT2D eigenvalue weighted by molar-refractivity contribution is 0.675. The van der Waals surface area contributed by atoms with E-state index in [0.717, 1.165) is 4.90 Å². The highest BCUT2D eigenvalue weighted by Gasteiger charge is 2.25. The molecule has 0 spiro atoms. The van der Waals surface area contributed by atoms with Crippen LogP contribution >= 0.6 is 0 Å². The Balaban J connectivity index is 2.65. The first-order chi connectivity index (χ1) is 10.3. The van der Waals surface area contributed by atoms with Crippen LogP contribution in [0.4, 0.5) is 0 Å². The molecule has 2 rings (SSSR count). The fraction of sp³-hybridized carbons (Fsp3) is 0.500. The first-order valence-corrected chi connectivity index (χ1v) is 9.47. The average molecular weight is 317 g/mol. The summed E-state index contributed by atoms with van der Waals surface area (Å²) in [6.45, 7) is 13.2. The molecule has 1 aliphatic rings. The van der Waals surface area contributed by atoms with E-state index in [1.54, 1.807) is 0 Å². The van der Waals surface area contributed by atoms with Crippen molar-refractivity contribution < 1.29 is 4.21 Å². The van der Waals surface area contributed by atoms with Crippen molar-refractivity contribution in [3.05, 3.63) is 53.1 Å². The van der Waals surface area contributed by atoms with E-state index in [9.17, 15) is 4.21 Å². The Morgan fingerprint density at radius 1 is 0.818 bits per heavy atom. The second-order valence-corrected chi connectivity index (χ2v) is 8.57. The van der Waals surface area contributed by atoms with Crippen molar-refractivity contribution in [1.82, 2.24) is 0 Å². The summed E-state index contributed by atoms with van der Waals surface area (Å²) in [6, 6.07) is 4.55. The van der Waals surface area contributed by atoms with Crippen LogP contribution in [0.25, 0.3) is 0 Å². The molecule has 0 heterocycles. The molecule has 0 saturated heterocycles. The maximum absolute atomic E-state index is 13.2. The summed E-state index contributed by atoms with van der Waals surface area (Å²) in [5.74, 6) is 1.25. The Morgan fingerprint density at radius 3 is 1.64 bits per heavy atom. The van der Waals surface area contributed by atoms with Crippen molar-refractivity contribution in [2.45, 2.75) is 69.4 Å². The van der Waals surface area contributed by atoms with Gasteiger partial charge in [0.1, 0.15) is 0 Å². The highest BCUT2D eigenvalue weighted by atomic mass is 32.2. The predicted molar refractivity (Wildman–Crippen MR) is 97.2 cm³/mol. The van der Waals surface area contributed by atoms with E-state index in [1.807, 2.05) is 24.3 Å². The van der Waals surface area contributed by atoms with Gasteiger partial charge in [0, 0.05) is 4.90 Å². The maximum Gasteiger partial charge on any atom is 0.0761 e. The molecule has 1 aliphatic carbocycles. The topological polar surface area (TPSA) is 17.1 Å². The van der Waals surface area contributed by atoms with Crippen LogP contribution in [-0.4, -0.2) is 9.46 Å². The van der Waals surface area contributed by atoms with Crippen LogP contribution in [-0.2, 0) is 10.8 Å². The Labute approximate surface area is 138 Å². The third-order valence-electron chi connectivity index (χ3n) is 4.24. The molecule has 0 saturated carbocycles. The summed E-state index contributed by atoms with van der Waals surface area (Å²) in [7, 11) is -1.02. The molecule has 0 fully saturated rings. The van der Waals surface area contributed by atoms with Crippen LogP contribution in [0.3, 0.4) is 0 Å². The standard InChI is InChI=1S/C20H28OS/c1-13(2)16-11-18(14(3)4)20(19(12-16)15(5)6)22(21)17-9-7-8-10-17/h7-15,17H,1-6H3. The van der Waals surface area contributed by atoms with Gasteiger partial charge in [-0.2, -0.15) is 0 Å². The number of allylic oxidation sites excluding steroid dienone is 2. The summed E-state index contributed by atoms with van der Waals surface area (Å²) < 4.78 is 13.2. The average Bonchev–Trinajstić information content (AvgIpc) is 2.98. The molecule has 0 amide bonds. The van der Waals surface area contributed by atoms with Gasteiger partial charge < -0.3 is 0 Å². The van der Waals surface area contributed by atoms with E-state index in [2.05, 4.69) is 53.7 Å². The minimum absolute atomic E-state index is 0.0138.